The Morgan fingerprint density at radius 3 is 2.32 bits per heavy atom. The first-order chi connectivity index (χ1) is 32.1. The minimum Gasteiger partial charge on any atom is -0.496 e. The van der Waals surface area contributed by atoms with E-state index in [1.165, 1.54) is 36.8 Å². The number of nitrogen functional groups attached to an aromatic ring is 1. The van der Waals surface area contributed by atoms with Gasteiger partial charge in [-0.2, -0.15) is 5.10 Å². The Morgan fingerprint density at radius 2 is 1.58 bits per heavy atom. The number of ether oxygens (including phenoxy) is 1. The number of hydrogen-bond donors (Lipinski definition) is 3. The fourth-order valence-corrected chi connectivity index (χ4v) is 9.73. The number of nitrogens with two attached hydrogens (primary N) is 1. The molecule has 1 unspecified atom stereocenters. The fraction of sp³-hybridized carbons (Fsp3) is 0.327. The highest BCUT2D eigenvalue weighted by molar-refractivity contribution is 6.05. The van der Waals surface area contributed by atoms with Crippen LogP contribution in [-0.4, -0.2) is 106 Å². The van der Waals surface area contributed by atoms with Crippen LogP contribution in [0.2, 0.25) is 0 Å². The third-order valence-corrected chi connectivity index (χ3v) is 13.4. The van der Waals surface area contributed by atoms with Crippen molar-refractivity contribution in [2.24, 2.45) is 0 Å². The highest BCUT2D eigenvalue weighted by Crippen LogP contribution is 2.36. The normalized spacial score (nSPS) is 18.2. The Kier molecular flexibility index (Phi) is 11.5. The molecule has 4 aliphatic rings. The van der Waals surface area contributed by atoms with E-state index in [0.29, 0.717) is 46.8 Å². The number of hydrogen-bond acceptors (Lipinski definition) is 12. The van der Waals surface area contributed by atoms with E-state index in [2.05, 4.69) is 65.6 Å². The second-order valence-electron chi connectivity index (χ2n) is 17.4. The number of rotatable bonds is 11. The number of piperidine rings is 2. The number of benzene rings is 4. The Hall–Kier alpha value is -7.40. The molecular formula is C49H50FN11O5. The third-order valence-electron chi connectivity index (χ3n) is 13.4. The number of nitrogens with one attached hydrogen (secondary N) is 2. The minimum atomic E-state index is -0.617. The second kappa shape index (κ2) is 17.9. The van der Waals surface area contributed by atoms with Crippen molar-refractivity contribution in [3.63, 3.8) is 0 Å². The van der Waals surface area contributed by atoms with E-state index in [1.807, 2.05) is 41.1 Å². The van der Waals surface area contributed by atoms with Gasteiger partial charge < -0.3 is 30.5 Å². The molecule has 338 valence electrons. The van der Waals surface area contributed by atoms with Crippen molar-refractivity contribution in [2.45, 2.75) is 57.4 Å². The van der Waals surface area contributed by atoms with E-state index in [9.17, 15) is 23.6 Å². The first-order valence-electron chi connectivity index (χ1n) is 22.4. The molecule has 4 aromatic carbocycles. The summed E-state index contributed by atoms with van der Waals surface area (Å²) < 4.78 is 21.1. The second-order valence-corrected chi connectivity index (χ2v) is 17.4. The lowest BCUT2D eigenvalue weighted by Gasteiger charge is -2.36. The predicted molar refractivity (Wildman–Crippen MR) is 246 cm³/mol. The lowest BCUT2D eigenvalue weighted by Crippen LogP contribution is -2.52. The topological polar surface area (TPSA) is 184 Å². The summed E-state index contributed by atoms with van der Waals surface area (Å²) in [5.41, 5.74) is 14.8. The molecule has 4 amide bonds. The van der Waals surface area contributed by atoms with Crippen molar-refractivity contribution in [1.29, 1.82) is 0 Å². The molecule has 3 fully saturated rings. The largest absolute Gasteiger partial charge is 0.496 e. The Labute approximate surface area is 380 Å². The van der Waals surface area contributed by atoms with Crippen LogP contribution in [0.25, 0.3) is 22.3 Å². The summed E-state index contributed by atoms with van der Waals surface area (Å²) in [6.45, 7) is 6.75. The minimum absolute atomic E-state index is 0.117. The van der Waals surface area contributed by atoms with Gasteiger partial charge in [-0.05, 0) is 84.5 Å². The predicted octanol–water partition coefficient (Wildman–Crippen LogP) is 5.08. The first-order valence-corrected chi connectivity index (χ1v) is 22.4. The lowest BCUT2D eigenvalue weighted by molar-refractivity contribution is -0.136. The molecule has 4 aliphatic heterocycles. The molecule has 0 aliphatic carbocycles. The average Bonchev–Trinajstić information content (AvgIpc) is 3.89. The van der Waals surface area contributed by atoms with Gasteiger partial charge in [0.15, 0.2) is 5.65 Å². The van der Waals surface area contributed by atoms with Crippen molar-refractivity contribution < 1.29 is 28.3 Å². The summed E-state index contributed by atoms with van der Waals surface area (Å²) in [7, 11) is 1.44. The smallest absolute Gasteiger partial charge is 0.255 e. The molecule has 0 saturated carbocycles. The van der Waals surface area contributed by atoms with Crippen LogP contribution < -0.4 is 30.9 Å². The number of aromatic nitrogens is 4. The SMILES string of the molecule is COc1ccc(F)cc1C(=O)NCc1ccc(-c2nn(C3CCN(c4ccc(CN5CCN(c6ccc7c(c6)CN(C6CCC(=O)NC6=O)C7=O)CC5)cc4)CC3)c3ncnc(N)c23)cc1. The van der Waals surface area contributed by atoms with Crippen LogP contribution in [0.1, 0.15) is 69.1 Å². The van der Waals surface area contributed by atoms with Crippen molar-refractivity contribution in [2.75, 3.05) is 61.9 Å². The number of fused-ring (bicyclic) bond motifs is 2. The number of piperazine rings is 1. The summed E-state index contributed by atoms with van der Waals surface area (Å²) in [4.78, 5) is 68.0. The molecule has 2 aromatic heterocycles. The molecule has 1 atom stereocenters. The number of nitrogens with zero attached hydrogens (tertiary/aromatic N) is 8. The van der Waals surface area contributed by atoms with Gasteiger partial charge >= 0.3 is 0 Å². The maximum Gasteiger partial charge on any atom is 0.255 e. The zero-order chi connectivity index (χ0) is 45.5. The third kappa shape index (κ3) is 8.37. The van der Waals surface area contributed by atoms with Crippen LogP contribution in [0.4, 0.5) is 21.6 Å². The molecule has 0 radical (unpaired) electrons. The lowest BCUT2D eigenvalue weighted by atomic mass is 10.0. The zero-order valence-electron chi connectivity index (χ0n) is 36.6. The fourth-order valence-electron chi connectivity index (χ4n) is 9.73. The maximum atomic E-state index is 13.9. The van der Waals surface area contributed by atoms with Crippen LogP contribution in [0.3, 0.4) is 0 Å². The molecule has 0 bridgehead atoms. The molecule has 4 N–H and O–H groups in total. The highest BCUT2D eigenvalue weighted by Gasteiger charge is 2.39. The maximum absolute atomic E-state index is 13.9. The van der Waals surface area contributed by atoms with E-state index in [1.54, 1.807) is 4.90 Å². The van der Waals surface area contributed by atoms with E-state index in [4.69, 9.17) is 15.6 Å². The van der Waals surface area contributed by atoms with E-state index >= 15 is 0 Å². The van der Waals surface area contributed by atoms with E-state index in [0.717, 1.165) is 87.1 Å². The number of imide groups is 1. The van der Waals surface area contributed by atoms with Crippen LogP contribution >= 0.6 is 0 Å². The summed E-state index contributed by atoms with van der Waals surface area (Å²) in [5.74, 6) is -1.13. The standard InChI is InChI=1S/C49H50FN11O5/c1-66-41-14-8-34(50)25-39(41)47(63)52-26-30-2-6-32(7-3-30)44-43-45(51)53-29-54-46(43)61(56-44)36-16-18-58(19-17-36)35-9-4-31(5-10-35)27-57-20-22-59(23-21-57)37-11-12-38-33(24-37)28-60(49(38)65)40-13-15-42(62)55-48(40)64/h2-12,14,24-25,29,36,40H,13,15-23,26-28H2,1H3,(H,52,63)(H2,51,53,54)(H,55,62,64). The summed E-state index contributed by atoms with van der Waals surface area (Å²) in [6.07, 6.45) is 3.82. The van der Waals surface area contributed by atoms with Gasteiger partial charge in [0, 0.05) is 87.8 Å². The van der Waals surface area contributed by atoms with E-state index in [-0.39, 0.29) is 36.4 Å². The number of halogens is 1. The average molecular weight is 892 g/mol. The Bertz CT molecular complexity index is 2840. The van der Waals surface area contributed by atoms with Gasteiger partial charge in [0.2, 0.25) is 11.8 Å². The van der Waals surface area contributed by atoms with Crippen molar-refractivity contribution in [1.82, 2.24) is 40.2 Å². The monoisotopic (exact) mass is 891 g/mol. The molecule has 6 heterocycles. The first kappa shape index (κ1) is 42.5. The molecule has 66 heavy (non-hydrogen) atoms. The zero-order valence-corrected chi connectivity index (χ0v) is 36.6. The van der Waals surface area contributed by atoms with Gasteiger partial charge in [0.05, 0.1) is 24.1 Å². The van der Waals surface area contributed by atoms with Crippen LogP contribution in [0.5, 0.6) is 5.75 Å². The Morgan fingerprint density at radius 1 is 0.848 bits per heavy atom. The van der Waals surface area contributed by atoms with Gasteiger partial charge in [-0.1, -0.05) is 36.4 Å². The number of carbonyl (C=O) groups is 4. The van der Waals surface area contributed by atoms with Gasteiger partial charge in [-0.3, -0.25) is 29.4 Å². The van der Waals surface area contributed by atoms with Crippen molar-refractivity contribution in [3.05, 3.63) is 125 Å². The molecule has 10 rings (SSSR count). The summed E-state index contributed by atoms with van der Waals surface area (Å²) >= 11 is 0. The van der Waals surface area contributed by atoms with Crippen LogP contribution in [0.15, 0.2) is 91.3 Å². The summed E-state index contributed by atoms with van der Waals surface area (Å²) in [5, 5.41) is 11.0. The van der Waals surface area contributed by atoms with Gasteiger partial charge in [0.1, 0.15) is 35.4 Å². The number of amides is 4. The van der Waals surface area contributed by atoms with E-state index < -0.39 is 23.7 Å². The van der Waals surface area contributed by atoms with Crippen LogP contribution in [0, 0.1) is 5.82 Å². The number of methoxy groups -OCH3 is 1. The van der Waals surface area contributed by atoms with Gasteiger partial charge in [-0.15, -0.1) is 0 Å². The van der Waals surface area contributed by atoms with Crippen molar-refractivity contribution in [3.8, 4) is 17.0 Å². The molecular weight excluding hydrogens is 842 g/mol. The van der Waals surface area contributed by atoms with Gasteiger partial charge in [-0.25, -0.2) is 19.0 Å². The van der Waals surface area contributed by atoms with Crippen LogP contribution in [-0.2, 0) is 29.2 Å². The number of carbonyl (C=O) groups excluding carboxylic acids is 4. The molecule has 3 saturated heterocycles. The Balaban J connectivity index is 0.725. The summed E-state index contributed by atoms with van der Waals surface area (Å²) in [6, 6.07) is 25.9. The quantitative estimate of drug-likeness (QED) is 0.147. The molecule has 16 nitrogen and oxygen atoms in total. The molecule has 0 spiro atoms. The molecule has 17 heteroatoms. The molecule has 6 aromatic rings. The van der Waals surface area contributed by atoms with Crippen molar-refractivity contribution >= 4 is 51.9 Å². The van der Waals surface area contributed by atoms with Gasteiger partial charge in [0.25, 0.3) is 11.8 Å². The highest BCUT2D eigenvalue weighted by atomic mass is 19.1. The number of anilines is 3.